The molecule has 4 amide bonds. The highest BCUT2D eigenvalue weighted by Gasteiger charge is 2.33. The van der Waals surface area contributed by atoms with Gasteiger partial charge in [0.2, 0.25) is 0 Å². The molecule has 5 aromatic rings. The molecule has 0 aliphatic carbocycles. The molecular weight excluding hydrogens is 656 g/mol. The molecule has 1 aliphatic heterocycles. The van der Waals surface area contributed by atoms with Crippen LogP contribution in [0.25, 0.3) is 10.8 Å². The van der Waals surface area contributed by atoms with Crippen LogP contribution in [0, 0.1) is 5.92 Å². The number of carbonyl (C=O) groups excluding carboxylic acids is 3. The van der Waals surface area contributed by atoms with Crippen LogP contribution in [0.5, 0.6) is 5.75 Å². The van der Waals surface area contributed by atoms with Gasteiger partial charge in [-0.15, -0.1) is 0 Å². The van der Waals surface area contributed by atoms with Gasteiger partial charge in [0.05, 0.1) is 35.3 Å². The number of carbonyl (C=O) groups is 3. The predicted octanol–water partition coefficient (Wildman–Crippen LogP) is 6.67. The molecule has 0 fully saturated rings. The minimum Gasteiger partial charge on any atom is -0.488 e. The molecule has 6 rings (SSSR count). The Labute approximate surface area is 303 Å². The van der Waals surface area contributed by atoms with Gasteiger partial charge in [0.15, 0.2) is 0 Å². The van der Waals surface area contributed by atoms with Crippen molar-refractivity contribution in [3.05, 3.63) is 126 Å². The number of para-hydroxylation sites is 2. The minimum absolute atomic E-state index is 0.0747. The molecule has 11 heteroatoms. The average molecular weight is 701 g/mol. The van der Waals surface area contributed by atoms with E-state index >= 15 is 0 Å². The number of rotatable bonds is 10. The molecule has 11 nitrogen and oxygen atoms in total. The van der Waals surface area contributed by atoms with Gasteiger partial charge < -0.3 is 36.4 Å². The zero-order valence-corrected chi connectivity index (χ0v) is 29.5. The number of hydrogen-bond acceptors (Lipinski definition) is 7. The lowest BCUT2D eigenvalue weighted by molar-refractivity contribution is 0.0341. The number of nitrogen functional groups attached to an aromatic ring is 1. The quantitative estimate of drug-likeness (QED) is 0.102. The van der Waals surface area contributed by atoms with E-state index in [1.807, 2.05) is 87.6 Å². The zero-order chi connectivity index (χ0) is 36.8. The van der Waals surface area contributed by atoms with Gasteiger partial charge >= 0.3 is 6.03 Å². The van der Waals surface area contributed by atoms with Crippen molar-refractivity contribution in [1.82, 2.24) is 9.80 Å². The van der Waals surface area contributed by atoms with Crippen LogP contribution in [-0.4, -0.2) is 71.6 Å². The van der Waals surface area contributed by atoms with E-state index in [4.69, 9.17) is 10.5 Å². The van der Waals surface area contributed by atoms with Gasteiger partial charge in [-0.25, -0.2) is 4.79 Å². The number of benzene rings is 5. The number of anilines is 4. The smallest absolute Gasteiger partial charge is 0.323 e. The van der Waals surface area contributed by atoms with Gasteiger partial charge in [-0.3, -0.25) is 14.5 Å². The van der Waals surface area contributed by atoms with Crippen molar-refractivity contribution in [1.29, 1.82) is 0 Å². The second kappa shape index (κ2) is 16.0. The second-order valence-corrected chi connectivity index (χ2v) is 13.4. The van der Waals surface area contributed by atoms with Crippen LogP contribution >= 0.6 is 0 Å². The molecule has 0 saturated heterocycles. The Morgan fingerprint density at radius 1 is 0.923 bits per heavy atom. The van der Waals surface area contributed by atoms with Crippen LogP contribution in [0.4, 0.5) is 27.5 Å². The van der Waals surface area contributed by atoms with Crippen molar-refractivity contribution >= 4 is 51.4 Å². The standard InChI is InChI=1S/C41H44N6O5/c1-26-22-47(27(2)25-48)40(50)33-21-31(43-41(51)45-35-14-8-10-29-9-4-5-11-32(29)35)19-20-37(33)52-38(26)24-46(3)23-28-15-17-30(18-16-28)39(49)44-36-13-7-6-12-34(36)42/h4-21,26-27,38,48H,22-25,42H2,1-3H3,(H,44,49)(H2,43,45,51)/t26-,27-,38+/m1/s1. The lowest BCUT2D eigenvalue weighted by Crippen LogP contribution is -2.49. The molecule has 0 bridgehead atoms. The first kappa shape index (κ1) is 35.9. The Hall–Kier alpha value is -5.91. The number of likely N-dealkylation sites (N-methyl/N-ethyl adjacent to an activating group) is 1. The number of nitrogens with two attached hydrogens (primary N) is 1. The van der Waals surface area contributed by atoms with E-state index in [9.17, 15) is 19.5 Å². The van der Waals surface area contributed by atoms with Crippen molar-refractivity contribution in [3.8, 4) is 5.75 Å². The Morgan fingerprint density at radius 3 is 2.40 bits per heavy atom. The molecule has 0 unspecified atom stereocenters. The fourth-order valence-corrected chi connectivity index (χ4v) is 6.39. The van der Waals surface area contributed by atoms with Crippen molar-refractivity contribution in [3.63, 3.8) is 0 Å². The predicted molar refractivity (Wildman–Crippen MR) is 206 cm³/mol. The summed E-state index contributed by atoms with van der Waals surface area (Å²) in [6.45, 7) is 5.15. The first-order valence-electron chi connectivity index (χ1n) is 17.3. The van der Waals surface area contributed by atoms with Crippen molar-refractivity contribution in [2.75, 3.05) is 48.4 Å². The Kier molecular flexibility index (Phi) is 11.0. The molecule has 0 saturated carbocycles. The van der Waals surface area contributed by atoms with Crippen LogP contribution in [0.3, 0.4) is 0 Å². The maximum absolute atomic E-state index is 13.9. The molecule has 0 spiro atoms. The van der Waals surface area contributed by atoms with Crippen LogP contribution in [0.15, 0.2) is 109 Å². The summed E-state index contributed by atoms with van der Waals surface area (Å²) < 4.78 is 6.57. The van der Waals surface area contributed by atoms with Crippen LogP contribution in [0.2, 0.25) is 0 Å². The largest absolute Gasteiger partial charge is 0.488 e. The summed E-state index contributed by atoms with van der Waals surface area (Å²) >= 11 is 0. The maximum atomic E-state index is 13.9. The van der Waals surface area contributed by atoms with E-state index in [-0.39, 0.29) is 30.4 Å². The molecule has 52 heavy (non-hydrogen) atoms. The molecule has 5 aromatic carbocycles. The number of aliphatic hydroxyl groups excluding tert-OH is 1. The molecule has 0 radical (unpaired) electrons. The normalized spacial score (nSPS) is 16.3. The summed E-state index contributed by atoms with van der Waals surface area (Å²) in [5.41, 5.74) is 9.97. The number of amides is 4. The zero-order valence-electron chi connectivity index (χ0n) is 29.5. The number of ether oxygens (including phenoxy) is 1. The molecule has 0 aromatic heterocycles. The van der Waals surface area contributed by atoms with Gasteiger partial charge in [-0.05, 0) is 73.5 Å². The molecular formula is C41H44N6O5. The third-order valence-corrected chi connectivity index (χ3v) is 9.33. The molecule has 6 N–H and O–H groups in total. The van der Waals surface area contributed by atoms with Crippen LogP contribution in [0.1, 0.15) is 40.1 Å². The lowest BCUT2D eigenvalue weighted by atomic mass is 9.99. The summed E-state index contributed by atoms with van der Waals surface area (Å²) in [5.74, 6) is -0.200. The summed E-state index contributed by atoms with van der Waals surface area (Å²) in [6, 6.07) is 32.2. The van der Waals surface area contributed by atoms with Crippen molar-refractivity contribution < 1.29 is 24.2 Å². The number of nitrogens with one attached hydrogen (secondary N) is 3. The third kappa shape index (κ3) is 8.34. The summed E-state index contributed by atoms with van der Waals surface area (Å²) in [6.07, 6.45) is -0.305. The van der Waals surface area contributed by atoms with E-state index in [0.29, 0.717) is 59.3 Å². The number of fused-ring (bicyclic) bond motifs is 2. The first-order chi connectivity index (χ1) is 25.1. The summed E-state index contributed by atoms with van der Waals surface area (Å²) in [7, 11) is 2.00. The van der Waals surface area contributed by atoms with Gasteiger partial charge in [-0.2, -0.15) is 0 Å². The topological polar surface area (TPSA) is 149 Å². The van der Waals surface area contributed by atoms with Crippen molar-refractivity contribution in [2.24, 2.45) is 5.92 Å². The SMILES string of the molecule is C[C@@H]1CN([C@H](C)CO)C(=O)c2cc(NC(=O)Nc3cccc4ccccc34)ccc2O[C@H]1CN(C)Cc1ccc(C(=O)Nc2ccccc2N)cc1. The average Bonchev–Trinajstić information content (AvgIpc) is 3.14. The Bertz CT molecular complexity index is 2060. The van der Waals surface area contributed by atoms with Gasteiger partial charge in [0.1, 0.15) is 11.9 Å². The monoisotopic (exact) mass is 700 g/mol. The van der Waals surface area contributed by atoms with E-state index in [0.717, 1.165) is 16.3 Å². The van der Waals surface area contributed by atoms with E-state index in [1.54, 1.807) is 47.4 Å². The highest BCUT2D eigenvalue weighted by molar-refractivity contribution is 6.07. The maximum Gasteiger partial charge on any atom is 0.323 e. The number of hydrogen-bond donors (Lipinski definition) is 5. The highest BCUT2D eigenvalue weighted by atomic mass is 16.5. The lowest BCUT2D eigenvalue weighted by Gasteiger charge is -2.38. The molecule has 1 heterocycles. The number of aliphatic hydroxyl groups is 1. The molecule has 268 valence electrons. The fourth-order valence-electron chi connectivity index (χ4n) is 6.39. The molecule has 1 aliphatic rings. The van der Waals surface area contributed by atoms with E-state index < -0.39 is 12.1 Å². The fraction of sp³-hybridized carbons (Fsp3) is 0.244. The van der Waals surface area contributed by atoms with Gasteiger partial charge in [-0.1, -0.05) is 67.6 Å². The molecule has 3 atom stereocenters. The third-order valence-electron chi connectivity index (χ3n) is 9.33. The number of urea groups is 1. The highest BCUT2D eigenvalue weighted by Crippen LogP contribution is 2.31. The van der Waals surface area contributed by atoms with Gasteiger partial charge in [0, 0.05) is 42.2 Å². The summed E-state index contributed by atoms with van der Waals surface area (Å²) in [4.78, 5) is 43.7. The minimum atomic E-state index is -0.446. The second-order valence-electron chi connectivity index (χ2n) is 13.4. The van der Waals surface area contributed by atoms with Crippen molar-refractivity contribution in [2.45, 2.75) is 32.5 Å². The number of nitrogens with zero attached hydrogens (tertiary/aromatic N) is 2. The van der Waals surface area contributed by atoms with Gasteiger partial charge in [0.25, 0.3) is 11.8 Å². The Balaban J connectivity index is 1.15. The van der Waals surface area contributed by atoms with E-state index in [2.05, 4.69) is 20.9 Å². The van der Waals surface area contributed by atoms with Crippen LogP contribution < -0.4 is 26.4 Å². The summed E-state index contributed by atoms with van der Waals surface area (Å²) in [5, 5.41) is 20.6. The first-order valence-corrected chi connectivity index (χ1v) is 17.3. The van der Waals surface area contributed by atoms with E-state index in [1.165, 1.54) is 0 Å². The Morgan fingerprint density at radius 2 is 1.63 bits per heavy atom. The van der Waals surface area contributed by atoms with Crippen LogP contribution in [-0.2, 0) is 6.54 Å².